The first kappa shape index (κ1) is 28.0. The van der Waals surface area contributed by atoms with Gasteiger partial charge < -0.3 is 10.1 Å². The van der Waals surface area contributed by atoms with Gasteiger partial charge in [0.05, 0.1) is 17.1 Å². The number of ether oxygens (including phenoxy) is 1. The Morgan fingerprint density at radius 3 is 2.13 bits per heavy atom. The molecule has 3 aromatic rings. The van der Waals surface area contributed by atoms with Gasteiger partial charge in [0, 0.05) is 11.1 Å². The van der Waals surface area contributed by atoms with E-state index in [1.54, 1.807) is 60.7 Å². The number of carbonyl (C=O) groups excluding carboxylic acids is 1. The average Bonchev–Trinajstić information content (AvgIpc) is 2.89. The molecule has 0 aromatic heterocycles. The van der Waals surface area contributed by atoms with Crippen molar-refractivity contribution in [2.45, 2.75) is 69.4 Å². The highest BCUT2D eigenvalue weighted by molar-refractivity contribution is 7.92. The number of hydrogen-bond donors (Lipinski definition) is 1. The summed E-state index contributed by atoms with van der Waals surface area (Å²) < 4.78 is 34.4. The van der Waals surface area contributed by atoms with E-state index in [2.05, 4.69) is 5.32 Å². The Morgan fingerprint density at radius 2 is 1.50 bits per heavy atom. The summed E-state index contributed by atoms with van der Waals surface area (Å²) in [4.78, 5) is 12.7. The van der Waals surface area contributed by atoms with Crippen LogP contribution < -0.4 is 14.4 Å². The van der Waals surface area contributed by atoms with Crippen molar-refractivity contribution in [2.24, 2.45) is 0 Å². The number of sulfonamides is 1. The van der Waals surface area contributed by atoms with E-state index in [9.17, 15) is 13.2 Å². The largest absolute Gasteiger partial charge is 0.484 e. The maximum Gasteiger partial charge on any atom is 0.264 e. The van der Waals surface area contributed by atoms with Crippen LogP contribution in [-0.4, -0.2) is 27.0 Å². The maximum atomic E-state index is 13.7. The fourth-order valence-corrected chi connectivity index (χ4v) is 6.21. The molecule has 6 nitrogen and oxygen atoms in total. The number of aryl methyl sites for hydroxylation is 1. The summed E-state index contributed by atoms with van der Waals surface area (Å²) in [6.07, 6.45) is 8.05. The molecule has 1 aliphatic rings. The maximum absolute atomic E-state index is 13.7. The van der Waals surface area contributed by atoms with Gasteiger partial charge in [-0.05, 0) is 73.9 Å². The Bertz CT molecular complexity index is 1290. The van der Waals surface area contributed by atoms with Gasteiger partial charge in [-0.2, -0.15) is 0 Å². The zero-order valence-electron chi connectivity index (χ0n) is 21.7. The second-order valence-corrected chi connectivity index (χ2v) is 12.1. The fourth-order valence-electron chi connectivity index (χ4n) is 4.64. The zero-order valence-corrected chi connectivity index (χ0v) is 23.3. The third-order valence-electron chi connectivity index (χ3n) is 6.81. The van der Waals surface area contributed by atoms with E-state index in [4.69, 9.17) is 16.3 Å². The highest BCUT2D eigenvalue weighted by Crippen LogP contribution is 2.28. The van der Waals surface area contributed by atoms with Crippen molar-refractivity contribution in [3.05, 3.63) is 88.9 Å². The van der Waals surface area contributed by atoms with Crippen LogP contribution in [0.25, 0.3) is 0 Å². The molecule has 0 bridgehead atoms. The third-order valence-corrected chi connectivity index (χ3v) is 8.85. The van der Waals surface area contributed by atoms with E-state index in [1.165, 1.54) is 23.6 Å². The number of rotatable bonds is 9. The van der Waals surface area contributed by atoms with E-state index in [0.29, 0.717) is 16.5 Å². The Labute approximate surface area is 231 Å². The molecule has 1 N–H and O–H groups in total. The number of hydrogen-bond acceptors (Lipinski definition) is 4. The van der Waals surface area contributed by atoms with Gasteiger partial charge in [0.2, 0.25) is 0 Å². The van der Waals surface area contributed by atoms with E-state index in [-0.39, 0.29) is 30.0 Å². The topological polar surface area (TPSA) is 75.7 Å². The normalized spacial score (nSPS) is 14.8. The van der Waals surface area contributed by atoms with Crippen LogP contribution in [-0.2, 0) is 21.4 Å². The van der Waals surface area contributed by atoms with Crippen LogP contribution in [0, 0.1) is 6.92 Å². The lowest BCUT2D eigenvalue weighted by atomic mass is 9.97. The molecule has 1 aliphatic carbocycles. The lowest BCUT2D eigenvalue weighted by Crippen LogP contribution is -2.38. The Balaban J connectivity index is 1.46. The van der Waals surface area contributed by atoms with E-state index < -0.39 is 10.0 Å². The summed E-state index contributed by atoms with van der Waals surface area (Å²) in [6.45, 7) is 1.97. The molecule has 0 aliphatic heterocycles. The van der Waals surface area contributed by atoms with Gasteiger partial charge in [-0.3, -0.25) is 9.10 Å². The average molecular weight is 555 g/mol. The summed E-state index contributed by atoms with van der Waals surface area (Å²) in [6, 6.07) is 20.9. The minimum absolute atomic E-state index is 0.0774. The predicted molar refractivity (Wildman–Crippen MR) is 152 cm³/mol. The summed E-state index contributed by atoms with van der Waals surface area (Å²) in [5, 5.41) is 3.68. The molecule has 8 heteroatoms. The highest BCUT2D eigenvalue weighted by atomic mass is 35.5. The highest BCUT2D eigenvalue weighted by Gasteiger charge is 2.25. The number of nitrogens with zero attached hydrogens (tertiary/aromatic N) is 1. The smallest absolute Gasteiger partial charge is 0.264 e. The zero-order chi connectivity index (χ0) is 27.0. The lowest BCUT2D eigenvalue weighted by molar-refractivity contribution is -0.123. The minimum Gasteiger partial charge on any atom is -0.484 e. The predicted octanol–water partition coefficient (Wildman–Crippen LogP) is 6.65. The van der Waals surface area contributed by atoms with Crippen molar-refractivity contribution in [3.63, 3.8) is 0 Å². The van der Waals surface area contributed by atoms with Crippen molar-refractivity contribution >= 4 is 33.2 Å². The molecule has 0 saturated heterocycles. The van der Waals surface area contributed by atoms with Crippen LogP contribution in [0.2, 0.25) is 5.02 Å². The van der Waals surface area contributed by atoms with Crippen LogP contribution >= 0.6 is 11.6 Å². The molecule has 0 unspecified atom stereocenters. The number of carbonyl (C=O) groups is 1. The molecule has 3 aromatic carbocycles. The van der Waals surface area contributed by atoms with Crippen molar-refractivity contribution < 1.29 is 17.9 Å². The standard InChI is InChI=1S/C30H35ClN2O4S/c1-23-9-19-29(20-10-23)38(35,36)33(21-24-11-13-25(31)14-12-24)27-15-17-28(18-16-27)37-22-30(34)32-26-7-5-3-2-4-6-8-26/h9-20,26H,2-8,21-22H2,1H3,(H,32,34). The molecule has 0 spiro atoms. The van der Waals surface area contributed by atoms with Gasteiger partial charge >= 0.3 is 0 Å². The molecule has 202 valence electrons. The SMILES string of the molecule is Cc1ccc(S(=O)(=O)N(Cc2ccc(Cl)cc2)c2ccc(OCC(=O)NC3CCCCCCC3)cc2)cc1. The van der Waals surface area contributed by atoms with Crippen LogP contribution in [0.4, 0.5) is 5.69 Å². The summed E-state index contributed by atoms with van der Waals surface area (Å²) in [5.74, 6) is 0.367. The summed E-state index contributed by atoms with van der Waals surface area (Å²) >= 11 is 6.03. The Morgan fingerprint density at radius 1 is 0.895 bits per heavy atom. The fraction of sp³-hybridized carbons (Fsp3) is 0.367. The van der Waals surface area contributed by atoms with Crippen molar-refractivity contribution in [2.75, 3.05) is 10.9 Å². The van der Waals surface area contributed by atoms with E-state index in [1.807, 2.05) is 19.1 Å². The van der Waals surface area contributed by atoms with Gasteiger partial charge in [0.15, 0.2) is 6.61 Å². The molecular formula is C30H35ClN2O4S. The monoisotopic (exact) mass is 554 g/mol. The minimum atomic E-state index is -3.84. The van der Waals surface area contributed by atoms with Crippen molar-refractivity contribution in [1.29, 1.82) is 0 Å². The van der Waals surface area contributed by atoms with Crippen LogP contribution in [0.3, 0.4) is 0 Å². The first-order valence-electron chi connectivity index (χ1n) is 13.2. The van der Waals surface area contributed by atoms with E-state index in [0.717, 1.165) is 36.8 Å². The van der Waals surface area contributed by atoms with Crippen LogP contribution in [0.1, 0.15) is 56.1 Å². The van der Waals surface area contributed by atoms with Gasteiger partial charge in [-0.1, -0.05) is 73.5 Å². The Hall–Kier alpha value is -3.03. The first-order chi connectivity index (χ1) is 18.3. The van der Waals surface area contributed by atoms with Crippen LogP contribution in [0.15, 0.2) is 77.7 Å². The van der Waals surface area contributed by atoms with Crippen molar-refractivity contribution in [3.8, 4) is 5.75 Å². The molecule has 1 fully saturated rings. The summed E-state index contributed by atoms with van der Waals surface area (Å²) in [5.41, 5.74) is 2.27. The van der Waals surface area contributed by atoms with Gasteiger partial charge in [-0.15, -0.1) is 0 Å². The first-order valence-corrected chi connectivity index (χ1v) is 15.0. The van der Waals surface area contributed by atoms with Crippen LogP contribution in [0.5, 0.6) is 5.75 Å². The van der Waals surface area contributed by atoms with Gasteiger partial charge in [0.25, 0.3) is 15.9 Å². The van der Waals surface area contributed by atoms with Gasteiger partial charge in [0.1, 0.15) is 5.75 Å². The summed E-state index contributed by atoms with van der Waals surface area (Å²) in [7, 11) is -3.84. The number of nitrogens with one attached hydrogen (secondary N) is 1. The second-order valence-electron chi connectivity index (χ2n) is 9.84. The number of amides is 1. The molecule has 1 amide bonds. The third kappa shape index (κ3) is 7.74. The molecule has 0 radical (unpaired) electrons. The number of halogens is 1. The number of anilines is 1. The molecule has 0 atom stereocenters. The lowest BCUT2D eigenvalue weighted by Gasteiger charge is -2.25. The van der Waals surface area contributed by atoms with Crippen molar-refractivity contribution in [1.82, 2.24) is 5.32 Å². The molecule has 0 heterocycles. The molecule has 4 rings (SSSR count). The Kier molecular flexibility index (Phi) is 9.69. The molecular weight excluding hydrogens is 520 g/mol. The van der Waals surface area contributed by atoms with Gasteiger partial charge in [-0.25, -0.2) is 8.42 Å². The van der Waals surface area contributed by atoms with E-state index >= 15 is 0 Å². The quantitative estimate of drug-likeness (QED) is 0.321. The number of benzene rings is 3. The molecule has 38 heavy (non-hydrogen) atoms. The second kappa shape index (κ2) is 13.2. The molecule has 1 saturated carbocycles.